The summed E-state index contributed by atoms with van der Waals surface area (Å²) in [5.41, 5.74) is 6.36. The summed E-state index contributed by atoms with van der Waals surface area (Å²) >= 11 is 0. The van der Waals surface area contributed by atoms with Gasteiger partial charge in [0.1, 0.15) is 5.75 Å². The van der Waals surface area contributed by atoms with E-state index in [1.807, 2.05) is 12.1 Å². The van der Waals surface area contributed by atoms with Crippen molar-refractivity contribution in [2.24, 2.45) is 5.73 Å². The number of carbonyl (C=O) groups is 1. The summed E-state index contributed by atoms with van der Waals surface area (Å²) in [6.07, 6.45) is 4.93. The zero-order valence-electron chi connectivity index (χ0n) is 11.4. The molecule has 1 aromatic heterocycles. The highest BCUT2D eigenvalue weighted by atomic mass is 19.1. The number of pyridine rings is 1. The number of rotatable bonds is 4. The molecule has 1 heterocycles. The Bertz CT molecular complexity index is 666. The van der Waals surface area contributed by atoms with Gasteiger partial charge in [-0.15, -0.1) is 0 Å². The predicted molar refractivity (Wildman–Crippen MR) is 75.8 cm³/mol. The summed E-state index contributed by atoms with van der Waals surface area (Å²) in [5, 5.41) is 0. The van der Waals surface area contributed by atoms with Crippen LogP contribution < -0.4 is 10.5 Å². The molecule has 0 spiro atoms. The van der Waals surface area contributed by atoms with E-state index >= 15 is 0 Å². The van der Waals surface area contributed by atoms with Crippen LogP contribution in [0.2, 0.25) is 0 Å². The van der Waals surface area contributed by atoms with Crippen LogP contribution in [0.25, 0.3) is 0 Å². The van der Waals surface area contributed by atoms with Crippen molar-refractivity contribution in [1.82, 2.24) is 4.98 Å². The molecule has 2 N–H and O–H groups in total. The van der Waals surface area contributed by atoms with Gasteiger partial charge in [-0.25, -0.2) is 9.37 Å². The molecule has 0 bridgehead atoms. The van der Waals surface area contributed by atoms with Gasteiger partial charge in [-0.1, -0.05) is 18.6 Å². The third kappa shape index (κ3) is 2.86. The first kappa shape index (κ1) is 13.5. The molecule has 0 aliphatic heterocycles. The molecule has 1 fully saturated rings. The van der Waals surface area contributed by atoms with Crippen molar-refractivity contribution >= 4 is 5.91 Å². The van der Waals surface area contributed by atoms with Gasteiger partial charge in [0, 0.05) is 6.20 Å². The first-order valence-corrected chi connectivity index (χ1v) is 6.86. The second kappa shape index (κ2) is 5.52. The fourth-order valence-corrected chi connectivity index (χ4v) is 2.30. The van der Waals surface area contributed by atoms with Crippen LogP contribution in [0.5, 0.6) is 11.6 Å². The van der Waals surface area contributed by atoms with Gasteiger partial charge >= 0.3 is 0 Å². The fraction of sp³-hybridized carbons (Fsp3) is 0.250. The molecule has 3 rings (SSSR count). The van der Waals surface area contributed by atoms with Crippen molar-refractivity contribution in [1.29, 1.82) is 0 Å². The molecular formula is C16H15FN2O2. The van der Waals surface area contributed by atoms with Crippen LogP contribution in [-0.4, -0.2) is 10.9 Å². The number of halogens is 1. The summed E-state index contributed by atoms with van der Waals surface area (Å²) in [4.78, 5) is 14.7. The van der Waals surface area contributed by atoms with E-state index in [0.717, 1.165) is 6.07 Å². The number of nitrogens with two attached hydrogens (primary N) is 1. The second-order valence-corrected chi connectivity index (χ2v) is 5.17. The maximum Gasteiger partial charge on any atom is 0.255 e. The van der Waals surface area contributed by atoms with Crippen molar-refractivity contribution in [2.75, 3.05) is 0 Å². The van der Waals surface area contributed by atoms with Crippen LogP contribution in [0.3, 0.4) is 0 Å². The van der Waals surface area contributed by atoms with E-state index in [2.05, 4.69) is 4.98 Å². The van der Waals surface area contributed by atoms with E-state index in [1.54, 1.807) is 12.1 Å². The second-order valence-electron chi connectivity index (χ2n) is 5.17. The molecule has 5 heteroatoms. The molecule has 0 radical (unpaired) electrons. The monoisotopic (exact) mass is 286 g/mol. The number of carbonyl (C=O) groups excluding carboxylic acids is 1. The molecule has 0 atom stereocenters. The van der Waals surface area contributed by atoms with Crippen LogP contribution in [0.15, 0.2) is 36.5 Å². The smallest absolute Gasteiger partial charge is 0.255 e. The first-order valence-electron chi connectivity index (χ1n) is 6.86. The predicted octanol–water partition coefficient (Wildman–Crippen LogP) is 3.38. The Morgan fingerprint density at radius 3 is 2.52 bits per heavy atom. The van der Waals surface area contributed by atoms with Crippen LogP contribution in [0.1, 0.15) is 41.1 Å². The summed E-state index contributed by atoms with van der Waals surface area (Å²) in [6, 6.07) is 8.62. The van der Waals surface area contributed by atoms with Gasteiger partial charge < -0.3 is 10.5 Å². The van der Waals surface area contributed by atoms with E-state index in [1.165, 1.54) is 31.0 Å². The third-order valence-electron chi connectivity index (χ3n) is 3.76. The van der Waals surface area contributed by atoms with Gasteiger partial charge in [-0.3, -0.25) is 4.79 Å². The van der Waals surface area contributed by atoms with Crippen LogP contribution >= 0.6 is 0 Å². The highest BCUT2D eigenvalue weighted by Crippen LogP contribution is 2.37. The Balaban J connectivity index is 1.75. The number of ether oxygens (including phenoxy) is 1. The van der Waals surface area contributed by atoms with E-state index in [4.69, 9.17) is 10.5 Å². The molecule has 0 unspecified atom stereocenters. The summed E-state index contributed by atoms with van der Waals surface area (Å²) in [7, 11) is 0. The Morgan fingerprint density at radius 1 is 1.29 bits per heavy atom. The van der Waals surface area contributed by atoms with Gasteiger partial charge in [-0.2, -0.15) is 0 Å². The number of hydrogen-bond donors (Lipinski definition) is 1. The highest BCUT2D eigenvalue weighted by molar-refractivity contribution is 5.92. The number of aromatic nitrogens is 1. The van der Waals surface area contributed by atoms with Gasteiger partial charge in [0.25, 0.3) is 5.88 Å². The van der Waals surface area contributed by atoms with Gasteiger partial charge in [0.05, 0.1) is 5.56 Å². The maximum atomic E-state index is 13.8. The van der Waals surface area contributed by atoms with Crippen LogP contribution in [-0.2, 0) is 0 Å². The quantitative estimate of drug-likeness (QED) is 0.937. The SMILES string of the molecule is NC(=O)c1cnc(Oc2ccc(C3CCC3)cc2)c(F)c1. The Kier molecular flexibility index (Phi) is 3.56. The third-order valence-corrected chi connectivity index (χ3v) is 3.76. The minimum atomic E-state index is -0.724. The van der Waals surface area contributed by atoms with E-state index < -0.39 is 11.7 Å². The fourth-order valence-electron chi connectivity index (χ4n) is 2.30. The van der Waals surface area contributed by atoms with Crippen molar-refractivity contribution in [2.45, 2.75) is 25.2 Å². The molecule has 1 aliphatic carbocycles. The van der Waals surface area contributed by atoms with E-state index in [-0.39, 0.29) is 11.4 Å². The minimum Gasteiger partial charge on any atom is -0.436 e. The first-order chi connectivity index (χ1) is 10.1. The normalized spacial score (nSPS) is 14.5. The molecule has 108 valence electrons. The number of hydrogen-bond acceptors (Lipinski definition) is 3. The molecule has 1 saturated carbocycles. The molecule has 21 heavy (non-hydrogen) atoms. The van der Waals surface area contributed by atoms with Crippen LogP contribution in [0.4, 0.5) is 4.39 Å². The Labute approximate surface area is 121 Å². The molecule has 1 aromatic carbocycles. The molecule has 1 amide bonds. The lowest BCUT2D eigenvalue weighted by atomic mass is 9.80. The largest absolute Gasteiger partial charge is 0.436 e. The van der Waals surface area contributed by atoms with E-state index in [9.17, 15) is 9.18 Å². The summed E-state index contributed by atoms with van der Waals surface area (Å²) in [5.74, 6) is -0.455. The minimum absolute atomic E-state index is 0.0141. The van der Waals surface area contributed by atoms with Crippen molar-refractivity contribution in [3.8, 4) is 11.6 Å². The zero-order valence-corrected chi connectivity index (χ0v) is 11.4. The number of amides is 1. The standard InChI is InChI=1S/C16H15FN2O2/c17-14-8-12(15(18)20)9-19-16(14)21-13-6-4-11(5-7-13)10-2-1-3-10/h4-10H,1-3H2,(H2,18,20). The zero-order chi connectivity index (χ0) is 14.8. The summed E-state index contributed by atoms with van der Waals surface area (Å²) in [6.45, 7) is 0. The highest BCUT2D eigenvalue weighted by Gasteiger charge is 2.19. The van der Waals surface area contributed by atoms with Crippen molar-refractivity contribution in [3.05, 3.63) is 53.5 Å². The molecule has 0 saturated heterocycles. The Morgan fingerprint density at radius 2 is 2.00 bits per heavy atom. The average molecular weight is 286 g/mol. The molecule has 4 nitrogen and oxygen atoms in total. The van der Waals surface area contributed by atoms with Crippen molar-refractivity contribution < 1.29 is 13.9 Å². The van der Waals surface area contributed by atoms with E-state index in [0.29, 0.717) is 11.7 Å². The number of benzene rings is 1. The molecule has 2 aromatic rings. The molecule has 1 aliphatic rings. The van der Waals surface area contributed by atoms with Gasteiger partial charge in [-0.05, 0) is 42.5 Å². The van der Waals surface area contributed by atoms with Crippen molar-refractivity contribution in [3.63, 3.8) is 0 Å². The average Bonchev–Trinajstić information content (AvgIpc) is 2.41. The lowest BCUT2D eigenvalue weighted by Crippen LogP contribution is -2.11. The lowest BCUT2D eigenvalue weighted by Gasteiger charge is -2.25. The van der Waals surface area contributed by atoms with Gasteiger partial charge in [0.2, 0.25) is 5.91 Å². The van der Waals surface area contributed by atoms with Crippen LogP contribution in [0, 0.1) is 5.82 Å². The Hall–Kier alpha value is -2.43. The maximum absolute atomic E-state index is 13.8. The lowest BCUT2D eigenvalue weighted by molar-refractivity contribution is 0.0999. The number of nitrogens with zero attached hydrogens (tertiary/aromatic N) is 1. The summed E-state index contributed by atoms with van der Waals surface area (Å²) < 4.78 is 19.2. The number of primary amides is 1. The van der Waals surface area contributed by atoms with Gasteiger partial charge in [0.15, 0.2) is 5.82 Å². The molecular weight excluding hydrogens is 271 g/mol. The topological polar surface area (TPSA) is 65.2 Å².